The van der Waals surface area contributed by atoms with Crippen LogP contribution in [-0.2, 0) is 10.0 Å². The summed E-state index contributed by atoms with van der Waals surface area (Å²) in [6.07, 6.45) is 0. The number of aromatic nitrogens is 1. The van der Waals surface area contributed by atoms with Crippen LogP contribution in [0.5, 0.6) is 0 Å². The van der Waals surface area contributed by atoms with E-state index in [0.717, 1.165) is 16.7 Å². The van der Waals surface area contributed by atoms with Crippen LogP contribution in [0.15, 0.2) is 82.4 Å². The van der Waals surface area contributed by atoms with Crippen LogP contribution in [0.1, 0.15) is 20.8 Å². The molecule has 0 saturated heterocycles. The Bertz CT molecular complexity index is 1370. The van der Waals surface area contributed by atoms with Gasteiger partial charge < -0.3 is 0 Å². The van der Waals surface area contributed by atoms with Crippen molar-refractivity contribution in [1.82, 2.24) is 15.8 Å². The molecule has 4 aromatic rings. The van der Waals surface area contributed by atoms with Gasteiger partial charge in [0.1, 0.15) is 9.90 Å². The summed E-state index contributed by atoms with van der Waals surface area (Å²) in [5.74, 6) is -1.28. The number of hydrazine groups is 1. The maximum atomic E-state index is 12.6. The van der Waals surface area contributed by atoms with Gasteiger partial charge in [-0.3, -0.25) is 25.2 Å². The highest BCUT2D eigenvalue weighted by atomic mass is 32.2. The quantitative estimate of drug-likeness (QED) is 0.402. The lowest BCUT2D eigenvalue weighted by molar-refractivity contribution is 0.0844. The molecule has 2 amide bonds. The van der Waals surface area contributed by atoms with E-state index in [-0.39, 0.29) is 21.2 Å². The summed E-state index contributed by atoms with van der Waals surface area (Å²) in [7, 11) is -3.83. The number of thiophene rings is 1. The number of hydrogen-bond donors (Lipinski definition) is 3. The number of nitrogens with zero attached hydrogens (tertiary/aromatic N) is 1. The number of pyridine rings is 1. The number of carbonyl (C=O) groups is 2. The first kappa shape index (κ1) is 20.5. The maximum Gasteiger partial charge on any atom is 0.288 e. The average molecular weight is 453 g/mol. The Balaban J connectivity index is 1.48. The van der Waals surface area contributed by atoms with Gasteiger partial charge in [0.25, 0.3) is 21.8 Å². The number of nitrogens with one attached hydrogen (secondary N) is 3. The minimum absolute atomic E-state index is 0.0504. The molecule has 2 aromatic carbocycles. The SMILES string of the molecule is O=C(NNC(=O)c1ccccc1NS(=O)(=O)c1cccs1)c1ccc2ccccc2n1. The van der Waals surface area contributed by atoms with Crippen LogP contribution >= 0.6 is 11.3 Å². The van der Waals surface area contributed by atoms with E-state index in [9.17, 15) is 18.0 Å². The fourth-order valence-corrected chi connectivity index (χ4v) is 4.89. The molecule has 2 heterocycles. The zero-order valence-electron chi connectivity index (χ0n) is 15.9. The van der Waals surface area contributed by atoms with Gasteiger partial charge in [-0.1, -0.05) is 42.5 Å². The standard InChI is InChI=1S/C21H16N4O4S2/c26-20(23-24-21(27)18-12-11-14-6-1-3-8-16(14)22-18)15-7-2-4-9-17(15)25-31(28,29)19-10-5-13-30-19/h1-13,25H,(H,23,26)(H,24,27). The number of fused-ring (bicyclic) bond motifs is 1. The molecular formula is C21H16N4O4S2. The van der Waals surface area contributed by atoms with Gasteiger partial charge in [-0.2, -0.15) is 0 Å². The van der Waals surface area contributed by atoms with Crippen molar-refractivity contribution in [1.29, 1.82) is 0 Å². The molecule has 2 aromatic heterocycles. The molecule has 31 heavy (non-hydrogen) atoms. The Hall–Kier alpha value is -3.76. The second-order valence-corrected chi connectivity index (χ2v) is 9.24. The molecule has 0 unspecified atom stereocenters. The lowest BCUT2D eigenvalue weighted by Gasteiger charge is -2.12. The molecule has 0 radical (unpaired) electrons. The Kier molecular flexibility index (Phi) is 5.65. The van der Waals surface area contributed by atoms with E-state index in [1.54, 1.807) is 41.8 Å². The molecule has 0 bridgehead atoms. The summed E-state index contributed by atoms with van der Waals surface area (Å²) in [4.78, 5) is 29.3. The Morgan fingerprint density at radius 3 is 2.35 bits per heavy atom. The van der Waals surface area contributed by atoms with E-state index < -0.39 is 21.8 Å². The van der Waals surface area contributed by atoms with Crippen LogP contribution in [-0.4, -0.2) is 25.2 Å². The van der Waals surface area contributed by atoms with Crippen molar-refractivity contribution in [3.05, 3.63) is 89.4 Å². The normalized spacial score (nSPS) is 11.1. The van der Waals surface area contributed by atoms with Gasteiger partial charge in [0.2, 0.25) is 0 Å². The van der Waals surface area contributed by atoms with E-state index in [4.69, 9.17) is 0 Å². The first-order valence-electron chi connectivity index (χ1n) is 9.06. The Labute approximate surface area is 182 Å². The van der Waals surface area contributed by atoms with Crippen LogP contribution in [0, 0.1) is 0 Å². The molecule has 4 rings (SSSR count). The van der Waals surface area contributed by atoms with Crippen molar-refractivity contribution in [3.63, 3.8) is 0 Å². The van der Waals surface area contributed by atoms with Gasteiger partial charge in [0, 0.05) is 5.39 Å². The summed E-state index contributed by atoms with van der Waals surface area (Å²) in [5.41, 5.74) is 5.52. The predicted octanol–water partition coefficient (Wildman–Crippen LogP) is 3.17. The fourth-order valence-electron chi connectivity index (χ4n) is 2.82. The minimum atomic E-state index is -3.83. The first-order valence-corrected chi connectivity index (χ1v) is 11.4. The third kappa shape index (κ3) is 4.55. The van der Waals surface area contributed by atoms with Crippen molar-refractivity contribution < 1.29 is 18.0 Å². The van der Waals surface area contributed by atoms with Crippen molar-refractivity contribution in [3.8, 4) is 0 Å². The summed E-state index contributed by atoms with van der Waals surface area (Å²) < 4.78 is 27.5. The lowest BCUT2D eigenvalue weighted by Crippen LogP contribution is -2.42. The number of anilines is 1. The van der Waals surface area contributed by atoms with Crippen LogP contribution in [0.4, 0.5) is 5.69 Å². The van der Waals surface area contributed by atoms with E-state index in [1.807, 2.05) is 18.2 Å². The Morgan fingerprint density at radius 2 is 1.55 bits per heavy atom. The van der Waals surface area contributed by atoms with Crippen LogP contribution in [0.2, 0.25) is 0 Å². The van der Waals surface area contributed by atoms with Gasteiger partial charge in [0.15, 0.2) is 0 Å². The van der Waals surface area contributed by atoms with Crippen molar-refractivity contribution >= 4 is 49.8 Å². The first-order chi connectivity index (χ1) is 14.9. The molecule has 8 nitrogen and oxygen atoms in total. The number of sulfonamides is 1. The fraction of sp³-hybridized carbons (Fsp3) is 0. The van der Waals surface area contributed by atoms with E-state index in [2.05, 4.69) is 20.6 Å². The van der Waals surface area contributed by atoms with Crippen molar-refractivity contribution in [2.75, 3.05) is 4.72 Å². The predicted molar refractivity (Wildman–Crippen MR) is 118 cm³/mol. The number of benzene rings is 2. The van der Waals surface area contributed by atoms with Gasteiger partial charge in [-0.05, 0) is 35.7 Å². The summed E-state index contributed by atoms with van der Waals surface area (Å²) in [6.45, 7) is 0. The molecule has 156 valence electrons. The van der Waals surface area contributed by atoms with Gasteiger partial charge in [-0.15, -0.1) is 11.3 Å². The van der Waals surface area contributed by atoms with Crippen LogP contribution in [0.25, 0.3) is 10.9 Å². The maximum absolute atomic E-state index is 12.6. The molecule has 0 spiro atoms. The van der Waals surface area contributed by atoms with Crippen LogP contribution in [0.3, 0.4) is 0 Å². The number of amides is 2. The summed E-state index contributed by atoms with van der Waals surface area (Å²) >= 11 is 1.06. The molecular weight excluding hydrogens is 436 g/mol. The monoisotopic (exact) mass is 452 g/mol. The highest BCUT2D eigenvalue weighted by molar-refractivity contribution is 7.94. The number of rotatable bonds is 5. The highest BCUT2D eigenvalue weighted by Crippen LogP contribution is 2.22. The summed E-state index contributed by atoms with van der Waals surface area (Å²) in [6, 6.07) is 19.8. The number of para-hydroxylation sites is 2. The van der Waals surface area contributed by atoms with Gasteiger partial charge in [0.05, 0.1) is 16.8 Å². The zero-order chi connectivity index (χ0) is 21.8. The van der Waals surface area contributed by atoms with Gasteiger partial charge >= 0.3 is 0 Å². The lowest BCUT2D eigenvalue weighted by atomic mass is 10.2. The third-order valence-electron chi connectivity index (χ3n) is 4.30. The highest BCUT2D eigenvalue weighted by Gasteiger charge is 2.20. The van der Waals surface area contributed by atoms with Crippen LogP contribution < -0.4 is 15.6 Å². The largest absolute Gasteiger partial charge is 0.288 e. The number of hydrogen-bond acceptors (Lipinski definition) is 6. The molecule has 0 fully saturated rings. The molecule has 0 saturated carbocycles. The molecule has 3 N–H and O–H groups in total. The molecule has 0 aliphatic rings. The zero-order valence-corrected chi connectivity index (χ0v) is 17.5. The van der Waals surface area contributed by atoms with E-state index >= 15 is 0 Å². The molecule has 0 aliphatic heterocycles. The molecule has 0 aliphatic carbocycles. The topological polar surface area (TPSA) is 117 Å². The van der Waals surface area contributed by atoms with E-state index in [0.29, 0.717) is 5.52 Å². The average Bonchev–Trinajstić information content (AvgIpc) is 3.33. The van der Waals surface area contributed by atoms with Crippen molar-refractivity contribution in [2.45, 2.75) is 4.21 Å². The third-order valence-corrected chi connectivity index (χ3v) is 7.06. The summed E-state index contributed by atoms with van der Waals surface area (Å²) in [5, 5.41) is 2.53. The smallest absolute Gasteiger partial charge is 0.278 e. The van der Waals surface area contributed by atoms with Crippen molar-refractivity contribution in [2.24, 2.45) is 0 Å². The van der Waals surface area contributed by atoms with Gasteiger partial charge in [-0.25, -0.2) is 13.4 Å². The van der Waals surface area contributed by atoms with E-state index in [1.165, 1.54) is 18.2 Å². The number of carbonyl (C=O) groups excluding carboxylic acids is 2. The molecule has 0 atom stereocenters. The second-order valence-electron chi connectivity index (χ2n) is 6.38. The minimum Gasteiger partial charge on any atom is -0.278 e. The molecule has 10 heteroatoms. The second kappa shape index (κ2) is 8.54. The Morgan fingerprint density at radius 1 is 0.806 bits per heavy atom.